The van der Waals surface area contributed by atoms with Crippen molar-refractivity contribution in [3.05, 3.63) is 71.8 Å². The first-order valence-electron chi connectivity index (χ1n) is 9.57. The SMILES string of the molecule is CCCCCCCCCC(Cl)C(c1ccccc1)c1ccccc1. The molecule has 0 radical (unpaired) electrons. The molecule has 0 aliphatic rings. The van der Waals surface area contributed by atoms with Crippen molar-refractivity contribution in [3.63, 3.8) is 0 Å². The van der Waals surface area contributed by atoms with Gasteiger partial charge >= 0.3 is 0 Å². The van der Waals surface area contributed by atoms with Gasteiger partial charge in [-0.1, -0.05) is 113 Å². The lowest BCUT2D eigenvalue weighted by Gasteiger charge is -2.23. The minimum atomic E-state index is 0.158. The van der Waals surface area contributed by atoms with E-state index in [1.807, 2.05) is 0 Å². The van der Waals surface area contributed by atoms with Gasteiger partial charge in [0, 0.05) is 11.3 Å². The summed E-state index contributed by atoms with van der Waals surface area (Å²) in [6.07, 6.45) is 10.4. The molecule has 1 heteroatoms. The van der Waals surface area contributed by atoms with Gasteiger partial charge in [-0.15, -0.1) is 11.6 Å². The Kier molecular flexibility index (Phi) is 8.98. The highest BCUT2D eigenvalue weighted by atomic mass is 35.5. The van der Waals surface area contributed by atoms with Gasteiger partial charge in [0.05, 0.1) is 0 Å². The van der Waals surface area contributed by atoms with E-state index in [0.717, 1.165) is 6.42 Å². The quantitative estimate of drug-likeness (QED) is 0.292. The predicted octanol–water partition coefficient (Wildman–Crippen LogP) is 7.57. The van der Waals surface area contributed by atoms with Crippen molar-refractivity contribution < 1.29 is 0 Å². The van der Waals surface area contributed by atoms with Gasteiger partial charge in [0.25, 0.3) is 0 Å². The molecular weight excluding hydrogens is 312 g/mol. The van der Waals surface area contributed by atoms with Gasteiger partial charge in [-0.3, -0.25) is 0 Å². The third-order valence-corrected chi connectivity index (χ3v) is 5.23. The molecule has 0 saturated heterocycles. The molecule has 2 aromatic carbocycles. The van der Waals surface area contributed by atoms with E-state index in [4.69, 9.17) is 11.6 Å². The Bertz CT molecular complexity index is 495. The highest BCUT2D eigenvalue weighted by Gasteiger charge is 2.22. The molecule has 130 valence electrons. The maximum atomic E-state index is 6.88. The van der Waals surface area contributed by atoms with Crippen LogP contribution in [-0.4, -0.2) is 5.38 Å². The summed E-state index contributed by atoms with van der Waals surface area (Å²) in [4.78, 5) is 0. The topological polar surface area (TPSA) is 0 Å². The lowest BCUT2D eigenvalue weighted by atomic mass is 9.86. The van der Waals surface area contributed by atoms with Crippen molar-refractivity contribution in [3.8, 4) is 0 Å². The van der Waals surface area contributed by atoms with Gasteiger partial charge in [0.2, 0.25) is 0 Å². The van der Waals surface area contributed by atoms with E-state index in [1.54, 1.807) is 0 Å². The molecule has 0 aliphatic carbocycles. The summed E-state index contributed by atoms with van der Waals surface area (Å²) >= 11 is 6.88. The minimum absolute atomic E-state index is 0.158. The average molecular weight is 343 g/mol. The summed E-state index contributed by atoms with van der Waals surface area (Å²) in [6, 6.07) is 21.4. The zero-order valence-electron chi connectivity index (χ0n) is 15.0. The highest BCUT2D eigenvalue weighted by molar-refractivity contribution is 6.21. The molecule has 0 saturated carbocycles. The molecular formula is C23H31Cl. The van der Waals surface area contributed by atoms with Gasteiger partial charge < -0.3 is 0 Å². The second kappa shape index (κ2) is 11.3. The summed E-state index contributed by atoms with van der Waals surface area (Å²) in [5, 5.41) is 0.158. The van der Waals surface area contributed by atoms with Crippen LogP contribution in [0.5, 0.6) is 0 Å². The fraction of sp³-hybridized carbons (Fsp3) is 0.478. The maximum Gasteiger partial charge on any atom is 0.0445 e. The highest BCUT2D eigenvalue weighted by Crippen LogP contribution is 2.33. The van der Waals surface area contributed by atoms with E-state index in [9.17, 15) is 0 Å². The Balaban J connectivity index is 1.90. The molecule has 1 atom stereocenters. The van der Waals surface area contributed by atoms with Crippen LogP contribution in [0, 0.1) is 0 Å². The van der Waals surface area contributed by atoms with Crippen LogP contribution < -0.4 is 0 Å². The van der Waals surface area contributed by atoms with Gasteiger partial charge in [-0.05, 0) is 17.5 Å². The molecule has 2 aromatic rings. The molecule has 0 nitrogen and oxygen atoms in total. The van der Waals surface area contributed by atoms with Crippen molar-refractivity contribution in [2.75, 3.05) is 0 Å². The monoisotopic (exact) mass is 342 g/mol. The van der Waals surface area contributed by atoms with Gasteiger partial charge in [-0.25, -0.2) is 0 Å². The molecule has 0 spiro atoms. The van der Waals surface area contributed by atoms with Crippen LogP contribution in [-0.2, 0) is 0 Å². The van der Waals surface area contributed by atoms with Gasteiger partial charge in [0.1, 0.15) is 0 Å². The zero-order chi connectivity index (χ0) is 17.0. The van der Waals surface area contributed by atoms with Crippen molar-refractivity contribution >= 4 is 11.6 Å². The van der Waals surface area contributed by atoms with Crippen LogP contribution in [0.4, 0.5) is 0 Å². The summed E-state index contributed by atoms with van der Waals surface area (Å²) < 4.78 is 0. The smallest absolute Gasteiger partial charge is 0.0445 e. The van der Waals surface area contributed by atoms with Crippen molar-refractivity contribution in [1.29, 1.82) is 0 Å². The lowest BCUT2D eigenvalue weighted by molar-refractivity contribution is 0.555. The first kappa shape index (κ1) is 19.1. The maximum absolute atomic E-state index is 6.88. The van der Waals surface area contributed by atoms with E-state index in [-0.39, 0.29) is 11.3 Å². The molecule has 0 N–H and O–H groups in total. The molecule has 0 bridgehead atoms. The fourth-order valence-electron chi connectivity index (χ4n) is 3.39. The number of alkyl halides is 1. The molecule has 1 unspecified atom stereocenters. The molecule has 24 heavy (non-hydrogen) atoms. The van der Waals surface area contributed by atoms with Crippen LogP contribution in [0.2, 0.25) is 0 Å². The zero-order valence-corrected chi connectivity index (χ0v) is 15.7. The number of unbranched alkanes of at least 4 members (excludes halogenated alkanes) is 6. The van der Waals surface area contributed by atoms with Crippen LogP contribution in [0.25, 0.3) is 0 Å². The van der Waals surface area contributed by atoms with Gasteiger partial charge in [0.15, 0.2) is 0 Å². The van der Waals surface area contributed by atoms with Crippen LogP contribution >= 0.6 is 11.6 Å². The molecule has 0 amide bonds. The second-order valence-electron chi connectivity index (χ2n) is 6.73. The van der Waals surface area contributed by atoms with Crippen LogP contribution in [0.1, 0.15) is 75.3 Å². The van der Waals surface area contributed by atoms with E-state index >= 15 is 0 Å². The fourth-order valence-corrected chi connectivity index (χ4v) is 3.84. The Morgan fingerprint density at radius 3 is 1.62 bits per heavy atom. The number of halogens is 1. The molecule has 0 fully saturated rings. The molecule has 0 aliphatic heterocycles. The Labute approximate surface area is 153 Å². The Morgan fingerprint density at radius 1 is 0.667 bits per heavy atom. The van der Waals surface area contributed by atoms with Crippen molar-refractivity contribution in [2.24, 2.45) is 0 Å². The van der Waals surface area contributed by atoms with Crippen molar-refractivity contribution in [2.45, 2.75) is 69.6 Å². The van der Waals surface area contributed by atoms with Gasteiger partial charge in [-0.2, -0.15) is 0 Å². The Morgan fingerprint density at radius 2 is 1.12 bits per heavy atom. The summed E-state index contributed by atoms with van der Waals surface area (Å²) in [5.41, 5.74) is 2.65. The van der Waals surface area contributed by atoms with E-state index in [2.05, 4.69) is 67.6 Å². The lowest BCUT2D eigenvalue weighted by Crippen LogP contribution is -2.14. The van der Waals surface area contributed by atoms with E-state index in [1.165, 1.54) is 56.1 Å². The predicted molar refractivity (Wildman–Crippen MR) is 107 cm³/mol. The first-order valence-corrected chi connectivity index (χ1v) is 10.0. The summed E-state index contributed by atoms with van der Waals surface area (Å²) in [7, 11) is 0. The third-order valence-electron chi connectivity index (χ3n) is 4.76. The normalized spacial score (nSPS) is 12.5. The minimum Gasteiger partial charge on any atom is -0.122 e. The Hall–Kier alpha value is -1.27. The molecule has 0 aromatic heterocycles. The first-order chi connectivity index (χ1) is 11.8. The molecule has 0 heterocycles. The van der Waals surface area contributed by atoms with Crippen LogP contribution in [0.3, 0.4) is 0 Å². The largest absolute Gasteiger partial charge is 0.122 e. The summed E-state index contributed by atoms with van der Waals surface area (Å²) in [6.45, 7) is 2.27. The standard InChI is InChI=1S/C23H31Cl/c1-2-3-4-5-6-7-14-19-22(24)23(20-15-10-8-11-16-20)21-17-12-9-13-18-21/h8-13,15-18,22-23H,2-7,14,19H2,1H3. The van der Waals surface area contributed by atoms with Crippen LogP contribution in [0.15, 0.2) is 60.7 Å². The summed E-state index contributed by atoms with van der Waals surface area (Å²) in [5.74, 6) is 0.286. The van der Waals surface area contributed by atoms with E-state index in [0.29, 0.717) is 0 Å². The number of hydrogen-bond donors (Lipinski definition) is 0. The molecule has 2 rings (SSSR count). The average Bonchev–Trinajstić information content (AvgIpc) is 2.63. The van der Waals surface area contributed by atoms with Crippen molar-refractivity contribution in [1.82, 2.24) is 0 Å². The number of hydrogen-bond acceptors (Lipinski definition) is 0. The third kappa shape index (κ3) is 6.32. The van der Waals surface area contributed by atoms with E-state index < -0.39 is 0 Å². The number of rotatable bonds is 11. The second-order valence-corrected chi connectivity index (χ2v) is 7.29. The number of benzene rings is 2.